The van der Waals surface area contributed by atoms with Gasteiger partial charge in [-0.25, -0.2) is 9.18 Å². The molecule has 0 aliphatic heterocycles. The number of carbonyl (C=O) groups excluding carboxylic acids is 1. The Morgan fingerprint density at radius 1 is 1.35 bits per heavy atom. The number of carbonyl (C=O) groups is 1. The molecule has 2 N–H and O–H groups in total. The predicted octanol–water partition coefficient (Wildman–Crippen LogP) is 1.06. The molecule has 7 nitrogen and oxygen atoms in total. The normalized spacial score (nSPS) is 10.4. The number of hydrogen-bond donors (Lipinski definition) is 2. The number of nitrogens with one attached hydrogen (secondary N) is 2. The average molecular weight is 320 g/mol. The fourth-order valence-electron chi connectivity index (χ4n) is 2.08. The van der Waals surface area contributed by atoms with Crippen LogP contribution in [-0.4, -0.2) is 41.7 Å². The van der Waals surface area contributed by atoms with Crippen molar-refractivity contribution in [2.45, 2.75) is 13.0 Å². The molecule has 1 aromatic heterocycles. The SMILES string of the molecule is CN(C)c1ccc(CNC(=O)NCCc2cn(C)nn2)cc1F. The van der Waals surface area contributed by atoms with Crippen molar-refractivity contribution in [2.24, 2.45) is 7.05 Å². The summed E-state index contributed by atoms with van der Waals surface area (Å²) in [5, 5.41) is 13.2. The third kappa shape index (κ3) is 4.94. The second kappa shape index (κ2) is 7.57. The Bertz CT molecular complexity index is 670. The summed E-state index contributed by atoms with van der Waals surface area (Å²) >= 11 is 0. The van der Waals surface area contributed by atoms with Crippen LogP contribution in [0.5, 0.6) is 0 Å². The van der Waals surface area contributed by atoms with Crippen LogP contribution >= 0.6 is 0 Å². The molecule has 0 spiro atoms. The molecule has 0 bridgehead atoms. The van der Waals surface area contributed by atoms with Gasteiger partial charge < -0.3 is 15.5 Å². The van der Waals surface area contributed by atoms with E-state index in [9.17, 15) is 9.18 Å². The Balaban J connectivity index is 1.74. The summed E-state index contributed by atoms with van der Waals surface area (Å²) in [5.41, 5.74) is 2.04. The monoisotopic (exact) mass is 320 g/mol. The summed E-state index contributed by atoms with van der Waals surface area (Å²) in [5.74, 6) is -0.308. The van der Waals surface area contributed by atoms with Gasteiger partial charge in [-0.1, -0.05) is 11.3 Å². The van der Waals surface area contributed by atoms with Gasteiger partial charge in [0.05, 0.1) is 11.4 Å². The van der Waals surface area contributed by atoms with Crippen molar-refractivity contribution in [1.29, 1.82) is 0 Å². The molecular formula is C15H21FN6O. The second-order valence-corrected chi connectivity index (χ2v) is 5.42. The van der Waals surface area contributed by atoms with Gasteiger partial charge in [0.2, 0.25) is 0 Å². The zero-order valence-electron chi connectivity index (χ0n) is 13.5. The van der Waals surface area contributed by atoms with Gasteiger partial charge in [-0.05, 0) is 17.7 Å². The highest BCUT2D eigenvalue weighted by molar-refractivity contribution is 5.73. The Hall–Kier alpha value is -2.64. The molecule has 8 heteroatoms. The number of amides is 2. The van der Waals surface area contributed by atoms with Crippen LogP contribution in [-0.2, 0) is 20.0 Å². The van der Waals surface area contributed by atoms with Crippen molar-refractivity contribution >= 4 is 11.7 Å². The fourth-order valence-corrected chi connectivity index (χ4v) is 2.08. The first kappa shape index (κ1) is 16.7. The highest BCUT2D eigenvalue weighted by Gasteiger charge is 2.06. The van der Waals surface area contributed by atoms with Crippen LogP contribution in [0, 0.1) is 5.82 Å². The number of aryl methyl sites for hydroxylation is 1. The van der Waals surface area contributed by atoms with Crippen molar-refractivity contribution in [1.82, 2.24) is 25.6 Å². The first-order chi connectivity index (χ1) is 11.0. The molecule has 0 aliphatic carbocycles. The summed E-state index contributed by atoms with van der Waals surface area (Å²) in [4.78, 5) is 13.4. The maximum absolute atomic E-state index is 13.8. The standard InChI is InChI=1S/C15H21FN6O/c1-21(2)14-5-4-11(8-13(14)16)9-18-15(23)17-7-6-12-10-22(3)20-19-12/h4-5,8,10H,6-7,9H2,1-3H3,(H2,17,18,23). The molecule has 124 valence electrons. The number of halogens is 1. The van der Waals surface area contributed by atoms with E-state index in [4.69, 9.17) is 0 Å². The van der Waals surface area contributed by atoms with E-state index in [2.05, 4.69) is 20.9 Å². The van der Waals surface area contributed by atoms with Gasteiger partial charge in [-0.2, -0.15) is 0 Å². The number of anilines is 1. The van der Waals surface area contributed by atoms with Gasteiger partial charge >= 0.3 is 6.03 Å². The van der Waals surface area contributed by atoms with Crippen molar-refractivity contribution in [3.8, 4) is 0 Å². The summed E-state index contributed by atoms with van der Waals surface area (Å²) in [7, 11) is 5.35. The van der Waals surface area contributed by atoms with E-state index in [1.165, 1.54) is 6.07 Å². The molecule has 2 amide bonds. The van der Waals surface area contributed by atoms with Crippen LogP contribution in [0.4, 0.5) is 14.9 Å². The van der Waals surface area contributed by atoms with Gasteiger partial charge in [-0.3, -0.25) is 4.68 Å². The topological polar surface area (TPSA) is 75.1 Å². The van der Waals surface area contributed by atoms with Crippen molar-refractivity contribution < 1.29 is 9.18 Å². The second-order valence-electron chi connectivity index (χ2n) is 5.42. The lowest BCUT2D eigenvalue weighted by Crippen LogP contribution is -2.36. The molecule has 1 heterocycles. The van der Waals surface area contributed by atoms with Crippen LogP contribution < -0.4 is 15.5 Å². The summed E-state index contributed by atoms with van der Waals surface area (Å²) in [6.45, 7) is 0.722. The van der Waals surface area contributed by atoms with Crippen LogP contribution in [0.3, 0.4) is 0 Å². The van der Waals surface area contributed by atoms with E-state index in [0.29, 0.717) is 24.2 Å². The number of hydrogen-bond acceptors (Lipinski definition) is 4. The Morgan fingerprint density at radius 2 is 2.13 bits per heavy atom. The van der Waals surface area contributed by atoms with Crippen LogP contribution in [0.1, 0.15) is 11.3 Å². The molecule has 0 radical (unpaired) electrons. The number of nitrogens with zero attached hydrogens (tertiary/aromatic N) is 4. The molecule has 1 aromatic carbocycles. The lowest BCUT2D eigenvalue weighted by Gasteiger charge is -2.14. The number of urea groups is 1. The Morgan fingerprint density at radius 3 is 2.74 bits per heavy atom. The minimum absolute atomic E-state index is 0.265. The largest absolute Gasteiger partial charge is 0.375 e. The molecule has 0 aliphatic rings. The van der Waals surface area contributed by atoms with E-state index in [0.717, 1.165) is 5.69 Å². The molecule has 0 atom stereocenters. The summed E-state index contributed by atoms with van der Waals surface area (Å²) < 4.78 is 15.4. The number of aromatic nitrogens is 3. The Labute approximate surface area is 134 Å². The quantitative estimate of drug-likeness (QED) is 0.835. The molecule has 2 rings (SSSR count). The fraction of sp³-hybridized carbons (Fsp3) is 0.400. The smallest absolute Gasteiger partial charge is 0.315 e. The highest BCUT2D eigenvalue weighted by atomic mass is 19.1. The van der Waals surface area contributed by atoms with Crippen molar-refractivity contribution in [2.75, 3.05) is 25.5 Å². The van der Waals surface area contributed by atoms with E-state index >= 15 is 0 Å². The molecule has 0 unspecified atom stereocenters. The van der Waals surface area contributed by atoms with Gasteiger partial charge in [0.1, 0.15) is 5.82 Å². The van der Waals surface area contributed by atoms with Gasteiger partial charge in [0, 0.05) is 46.9 Å². The molecule has 0 saturated heterocycles. The van der Waals surface area contributed by atoms with E-state index in [1.807, 2.05) is 0 Å². The van der Waals surface area contributed by atoms with Crippen LogP contribution in [0.25, 0.3) is 0 Å². The van der Waals surface area contributed by atoms with Crippen molar-refractivity contribution in [3.63, 3.8) is 0 Å². The van der Waals surface area contributed by atoms with Gasteiger partial charge in [0.15, 0.2) is 0 Å². The number of rotatable bonds is 6. The predicted molar refractivity (Wildman–Crippen MR) is 85.7 cm³/mol. The van der Waals surface area contributed by atoms with E-state index in [1.54, 1.807) is 49.1 Å². The van der Waals surface area contributed by atoms with E-state index in [-0.39, 0.29) is 18.4 Å². The highest BCUT2D eigenvalue weighted by Crippen LogP contribution is 2.18. The summed E-state index contributed by atoms with van der Waals surface area (Å²) in [6, 6.07) is 4.61. The lowest BCUT2D eigenvalue weighted by molar-refractivity contribution is 0.240. The first-order valence-electron chi connectivity index (χ1n) is 7.28. The number of benzene rings is 1. The summed E-state index contributed by atoms with van der Waals surface area (Å²) in [6.07, 6.45) is 2.40. The molecule has 23 heavy (non-hydrogen) atoms. The average Bonchev–Trinajstić information content (AvgIpc) is 2.90. The third-order valence-electron chi connectivity index (χ3n) is 3.26. The van der Waals surface area contributed by atoms with Crippen LogP contribution in [0.15, 0.2) is 24.4 Å². The Kier molecular flexibility index (Phi) is 5.51. The maximum Gasteiger partial charge on any atom is 0.315 e. The zero-order valence-corrected chi connectivity index (χ0v) is 13.5. The van der Waals surface area contributed by atoms with E-state index < -0.39 is 0 Å². The lowest BCUT2D eigenvalue weighted by atomic mass is 10.2. The minimum Gasteiger partial charge on any atom is -0.375 e. The van der Waals surface area contributed by atoms with Gasteiger partial charge in [0.25, 0.3) is 0 Å². The van der Waals surface area contributed by atoms with Crippen LogP contribution in [0.2, 0.25) is 0 Å². The maximum atomic E-state index is 13.8. The molecular weight excluding hydrogens is 299 g/mol. The third-order valence-corrected chi connectivity index (χ3v) is 3.26. The van der Waals surface area contributed by atoms with Gasteiger partial charge in [-0.15, -0.1) is 5.10 Å². The van der Waals surface area contributed by atoms with Crippen molar-refractivity contribution in [3.05, 3.63) is 41.5 Å². The molecule has 2 aromatic rings. The molecule has 0 saturated carbocycles. The minimum atomic E-state index is -0.308. The zero-order chi connectivity index (χ0) is 16.8. The first-order valence-corrected chi connectivity index (χ1v) is 7.28. The molecule has 0 fully saturated rings.